The molecule has 0 aromatic rings. The molecule has 0 saturated carbocycles. The second kappa shape index (κ2) is 48.3. The molecule has 0 spiro atoms. The van der Waals surface area contributed by atoms with Crippen LogP contribution in [0.25, 0.3) is 0 Å². The Balaban J connectivity index is 4.16. The van der Waals surface area contributed by atoms with Gasteiger partial charge in [-0.2, -0.15) is 0 Å². The van der Waals surface area contributed by atoms with Crippen LogP contribution in [0.5, 0.6) is 0 Å². The van der Waals surface area contributed by atoms with Gasteiger partial charge in [-0.25, -0.2) is 0 Å². The number of esters is 3. The van der Waals surface area contributed by atoms with Gasteiger partial charge in [0.25, 0.3) is 0 Å². The van der Waals surface area contributed by atoms with Crippen molar-refractivity contribution in [1.82, 2.24) is 0 Å². The first-order valence-corrected chi connectivity index (χ1v) is 28.2. The number of carbonyl (C=O) groups is 3. The summed E-state index contributed by atoms with van der Waals surface area (Å²) in [4.78, 5) is 38.0. The van der Waals surface area contributed by atoms with E-state index in [4.69, 9.17) is 14.2 Å². The molecule has 2 unspecified atom stereocenters. The maximum absolute atomic E-state index is 12.7. The third-order valence-electron chi connectivity index (χ3n) is 13.6. The van der Waals surface area contributed by atoms with Crippen molar-refractivity contribution in [3.63, 3.8) is 0 Å². The van der Waals surface area contributed by atoms with Gasteiger partial charge >= 0.3 is 17.9 Å². The fourth-order valence-corrected chi connectivity index (χ4v) is 8.58. The Morgan fingerprint density at radius 2 is 0.556 bits per heavy atom. The maximum Gasteiger partial charge on any atom is 0.306 e. The number of carbonyl (C=O) groups excluding carboxylic acids is 3. The molecule has 0 aliphatic carbocycles. The van der Waals surface area contributed by atoms with E-state index in [1.54, 1.807) is 0 Å². The van der Waals surface area contributed by atoms with Crippen LogP contribution in [0.3, 0.4) is 0 Å². The van der Waals surface area contributed by atoms with E-state index in [2.05, 4.69) is 41.5 Å². The van der Waals surface area contributed by atoms with Gasteiger partial charge < -0.3 is 14.2 Å². The van der Waals surface area contributed by atoms with E-state index in [0.29, 0.717) is 19.3 Å². The van der Waals surface area contributed by atoms with Gasteiger partial charge in [-0.15, -0.1) is 0 Å². The molecule has 0 radical (unpaired) electrons. The first-order chi connectivity index (χ1) is 30.7. The van der Waals surface area contributed by atoms with Gasteiger partial charge in [-0.3, -0.25) is 14.4 Å². The molecule has 0 aromatic carbocycles. The molecule has 6 heteroatoms. The number of hydrogen-bond acceptors (Lipinski definition) is 6. The average Bonchev–Trinajstić information content (AvgIpc) is 3.27. The zero-order valence-corrected chi connectivity index (χ0v) is 43.4. The van der Waals surface area contributed by atoms with E-state index in [1.807, 2.05) is 0 Å². The van der Waals surface area contributed by atoms with Crippen LogP contribution in [0.2, 0.25) is 0 Å². The summed E-state index contributed by atoms with van der Waals surface area (Å²) in [5.41, 5.74) is 0. The SMILES string of the molecule is CCC(C)CCCCCCCCCCCCCCCCCCCCC(=O)OC[C@H](COC(=O)CCCCCCCCCCCCC(C)CC)OC(=O)CCCCCCCCC(C)C. The number of unbranched alkanes of at least 4 members (excludes halogenated alkanes) is 31. The maximum atomic E-state index is 12.7. The summed E-state index contributed by atoms with van der Waals surface area (Å²) >= 11 is 0. The second-order valence-electron chi connectivity index (χ2n) is 20.5. The van der Waals surface area contributed by atoms with Crippen LogP contribution in [0, 0.1) is 17.8 Å². The van der Waals surface area contributed by atoms with Gasteiger partial charge in [0.05, 0.1) is 0 Å². The van der Waals surface area contributed by atoms with Crippen LogP contribution in [-0.2, 0) is 28.6 Å². The fourth-order valence-electron chi connectivity index (χ4n) is 8.58. The Kier molecular flexibility index (Phi) is 47.1. The van der Waals surface area contributed by atoms with Crippen LogP contribution < -0.4 is 0 Å². The number of ether oxygens (including phenoxy) is 3. The minimum absolute atomic E-state index is 0.0652. The molecular weight excluding hydrogens is 781 g/mol. The van der Waals surface area contributed by atoms with Crippen LogP contribution >= 0.6 is 0 Å². The predicted molar refractivity (Wildman–Crippen MR) is 270 cm³/mol. The third kappa shape index (κ3) is 48.2. The van der Waals surface area contributed by atoms with Gasteiger partial charge in [0.2, 0.25) is 0 Å². The molecule has 3 atom stereocenters. The summed E-state index contributed by atoms with van der Waals surface area (Å²) in [7, 11) is 0. The normalized spacial score (nSPS) is 13.0. The predicted octanol–water partition coefficient (Wildman–Crippen LogP) is 18.3. The van der Waals surface area contributed by atoms with Crippen molar-refractivity contribution in [1.29, 1.82) is 0 Å². The molecule has 0 aromatic heterocycles. The molecule has 0 N–H and O–H groups in total. The largest absolute Gasteiger partial charge is 0.462 e. The summed E-state index contributed by atoms with van der Waals surface area (Å²) in [6.45, 7) is 13.7. The van der Waals surface area contributed by atoms with Gasteiger partial charge in [0, 0.05) is 19.3 Å². The smallest absolute Gasteiger partial charge is 0.306 e. The molecule has 0 aliphatic rings. The summed E-state index contributed by atoms with van der Waals surface area (Å²) in [5.74, 6) is 1.68. The molecule has 63 heavy (non-hydrogen) atoms. The molecule has 0 amide bonds. The topological polar surface area (TPSA) is 78.9 Å². The minimum Gasteiger partial charge on any atom is -0.462 e. The van der Waals surface area contributed by atoms with Crippen molar-refractivity contribution in [3.8, 4) is 0 Å². The van der Waals surface area contributed by atoms with Crippen molar-refractivity contribution in [3.05, 3.63) is 0 Å². The van der Waals surface area contributed by atoms with Crippen LogP contribution in [-0.4, -0.2) is 37.2 Å². The standard InChI is InChI=1S/C57H110O6/c1-7-52(5)44-38-32-25-21-17-15-13-11-9-10-12-14-16-18-23-27-34-40-46-55(58)61-49-54(63-57(60)48-42-36-30-29-31-37-43-51(3)4)50-62-56(59)47-41-35-28-24-20-19-22-26-33-39-45-53(6)8-2/h51-54H,7-50H2,1-6H3/t52?,53?,54-/m1/s1. The molecule has 0 aliphatic heterocycles. The lowest BCUT2D eigenvalue weighted by Crippen LogP contribution is -2.30. The van der Waals surface area contributed by atoms with E-state index in [9.17, 15) is 14.4 Å². The lowest BCUT2D eigenvalue weighted by atomic mass is 9.99. The first kappa shape index (κ1) is 61.4. The lowest BCUT2D eigenvalue weighted by molar-refractivity contribution is -0.167. The van der Waals surface area contributed by atoms with Crippen molar-refractivity contribution in [2.75, 3.05) is 13.2 Å². The molecule has 0 bridgehead atoms. The Morgan fingerprint density at radius 1 is 0.317 bits per heavy atom. The van der Waals surface area contributed by atoms with E-state index in [1.165, 1.54) is 193 Å². The zero-order chi connectivity index (χ0) is 46.3. The van der Waals surface area contributed by atoms with E-state index in [0.717, 1.165) is 75.5 Å². The second-order valence-corrected chi connectivity index (χ2v) is 20.5. The highest BCUT2D eigenvalue weighted by molar-refractivity contribution is 5.71. The molecule has 0 fully saturated rings. The van der Waals surface area contributed by atoms with Crippen LogP contribution in [0.1, 0.15) is 311 Å². The summed E-state index contributed by atoms with van der Waals surface area (Å²) in [6, 6.07) is 0. The van der Waals surface area contributed by atoms with Crippen molar-refractivity contribution >= 4 is 17.9 Å². The Labute approximate surface area is 393 Å². The Morgan fingerprint density at radius 3 is 0.825 bits per heavy atom. The van der Waals surface area contributed by atoms with Crippen LogP contribution in [0.4, 0.5) is 0 Å². The number of rotatable bonds is 50. The highest BCUT2D eigenvalue weighted by Crippen LogP contribution is 2.19. The first-order valence-electron chi connectivity index (χ1n) is 28.2. The van der Waals surface area contributed by atoms with Gasteiger partial charge in [-0.05, 0) is 37.0 Å². The Hall–Kier alpha value is -1.59. The minimum atomic E-state index is -0.764. The molecule has 6 nitrogen and oxygen atoms in total. The average molecular weight is 892 g/mol. The van der Waals surface area contributed by atoms with Gasteiger partial charge in [0.15, 0.2) is 6.10 Å². The van der Waals surface area contributed by atoms with Crippen molar-refractivity contribution in [2.45, 2.75) is 317 Å². The number of hydrogen-bond donors (Lipinski definition) is 0. The van der Waals surface area contributed by atoms with Crippen molar-refractivity contribution < 1.29 is 28.6 Å². The Bertz CT molecular complexity index is 980. The lowest BCUT2D eigenvalue weighted by Gasteiger charge is -2.18. The molecule has 374 valence electrons. The quantitative estimate of drug-likeness (QED) is 0.0344. The van der Waals surface area contributed by atoms with Crippen molar-refractivity contribution in [2.24, 2.45) is 17.8 Å². The van der Waals surface area contributed by atoms with Crippen LogP contribution in [0.15, 0.2) is 0 Å². The highest BCUT2D eigenvalue weighted by Gasteiger charge is 2.19. The molecule has 0 heterocycles. The zero-order valence-electron chi connectivity index (χ0n) is 43.4. The summed E-state index contributed by atoms with van der Waals surface area (Å²) in [5, 5.41) is 0. The van der Waals surface area contributed by atoms with E-state index < -0.39 is 6.10 Å². The van der Waals surface area contributed by atoms with E-state index in [-0.39, 0.29) is 31.1 Å². The fraction of sp³-hybridized carbons (Fsp3) is 0.947. The monoisotopic (exact) mass is 891 g/mol. The molecule has 0 saturated heterocycles. The molecular formula is C57H110O6. The highest BCUT2D eigenvalue weighted by atomic mass is 16.6. The van der Waals surface area contributed by atoms with Gasteiger partial charge in [-0.1, -0.05) is 273 Å². The summed E-state index contributed by atoms with van der Waals surface area (Å²) in [6.07, 6.45) is 49.6. The third-order valence-corrected chi connectivity index (χ3v) is 13.6. The van der Waals surface area contributed by atoms with Gasteiger partial charge in [0.1, 0.15) is 13.2 Å². The summed E-state index contributed by atoms with van der Waals surface area (Å²) < 4.78 is 16.8. The molecule has 0 rings (SSSR count). The van der Waals surface area contributed by atoms with E-state index >= 15 is 0 Å².